The quantitative estimate of drug-likeness (QED) is 0.881. The predicted octanol–water partition coefficient (Wildman–Crippen LogP) is 2.39. The first kappa shape index (κ1) is 12.7. The van der Waals surface area contributed by atoms with E-state index in [1.54, 1.807) is 0 Å². The molecule has 1 aromatic heterocycles. The standard InChI is InChI=1S/C16H23N3/c1-19-10-7-14(8-11-19)17-9-6-13-12-18-16-5-3-2-4-15(13)16/h2-5,12,14,17-18H,6-11H2,1H3. The van der Waals surface area contributed by atoms with Gasteiger partial charge in [0.2, 0.25) is 0 Å². The molecular formula is C16H23N3. The van der Waals surface area contributed by atoms with Crippen LogP contribution in [0.2, 0.25) is 0 Å². The molecule has 1 aromatic carbocycles. The zero-order chi connectivity index (χ0) is 13.1. The highest BCUT2D eigenvalue weighted by molar-refractivity contribution is 5.83. The summed E-state index contributed by atoms with van der Waals surface area (Å²) in [7, 11) is 2.21. The molecule has 0 radical (unpaired) electrons. The van der Waals surface area contributed by atoms with Crippen molar-refractivity contribution in [1.29, 1.82) is 0 Å². The maximum absolute atomic E-state index is 3.70. The lowest BCUT2D eigenvalue weighted by Crippen LogP contribution is -2.41. The van der Waals surface area contributed by atoms with Crippen LogP contribution >= 0.6 is 0 Å². The zero-order valence-electron chi connectivity index (χ0n) is 11.7. The van der Waals surface area contributed by atoms with Crippen molar-refractivity contribution in [2.75, 3.05) is 26.7 Å². The Bertz CT molecular complexity index is 524. The fourth-order valence-electron chi connectivity index (χ4n) is 2.96. The van der Waals surface area contributed by atoms with Gasteiger partial charge in [-0.15, -0.1) is 0 Å². The number of hydrogen-bond acceptors (Lipinski definition) is 2. The minimum Gasteiger partial charge on any atom is -0.361 e. The van der Waals surface area contributed by atoms with E-state index in [2.05, 4.69) is 52.7 Å². The minimum absolute atomic E-state index is 0.710. The summed E-state index contributed by atoms with van der Waals surface area (Å²) in [6.07, 6.45) is 5.83. The second-order valence-electron chi connectivity index (χ2n) is 5.64. The van der Waals surface area contributed by atoms with Gasteiger partial charge < -0.3 is 15.2 Å². The molecule has 1 aliphatic heterocycles. The van der Waals surface area contributed by atoms with Crippen molar-refractivity contribution in [3.63, 3.8) is 0 Å². The maximum atomic E-state index is 3.70. The van der Waals surface area contributed by atoms with Crippen molar-refractivity contribution in [1.82, 2.24) is 15.2 Å². The molecule has 0 amide bonds. The Balaban J connectivity index is 1.52. The second kappa shape index (κ2) is 5.76. The molecule has 1 aliphatic rings. The fraction of sp³-hybridized carbons (Fsp3) is 0.500. The number of likely N-dealkylation sites (tertiary alicyclic amines) is 1. The van der Waals surface area contributed by atoms with E-state index in [0.717, 1.165) is 13.0 Å². The summed E-state index contributed by atoms with van der Waals surface area (Å²) in [6, 6.07) is 9.25. The molecule has 19 heavy (non-hydrogen) atoms. The number of fused-ring (bicyclic) bond motifs is 1. The number of nitrogens with one attached hydrogen (secondary N) is 2. The van der Waals surface area contributed by atoms with Crippen molar-refractivity contribution >= 4 is 10.9 Å². The molecule has 1 fully saturated rings. The van der Waals surface area contributed by atoms with Crippen LogP contribution in [0.4, 0.5) is 0 Å². The zero-order valence-corrected chi connectivity index (χ0v) is 11.7. The lowest BCUT2D eigenvalue weighted by molar-refractivity contribution is 0.235. The van der Waals surface area contributed by atoms with Gasteiger partial charge in [0.15, 0.2) is 0 Å². The van der Waals surface area contributed by atoms with Crippen molar-refractivity contribution in [3.05, 3.63) is 36.0 Å². The predicted molar refractivity (Wildman–Crippen MR) is 80.5 cm³/mol. The van der Waals surface area contributed by atoms with Crippen molar-refractivity contribution in [2.24, 2.45) is 0 Å². The summed E-state index contributed by atoms with van der Waals surface area (Å²) in [6.45, 7) is 3.53. The summed E-state index contributed by atoms with van der Waals surface area (Å²) in [5.41, 5.74) is 2.67. The average Bonchev–Trinajstić information content (AvgIpc) is 2.85. The highest BCUT2D eigenvalue weighted by Gasteiger charge is 2.15. The van der Waals surface area contributed by atoms with E-state index in [9.17, 15) is 0 Å². The molecule has 0 aliphatic carbocycles. The summed E-state index contributed by atoms with van der Waals surface area (Å²) in [5, 5.41) is 5.07. The Morgan fingerprint density at radius 2 is 2.05 bits per heavy atom. The van der Waals surface area contributed by atoms with Gasteiger partial charge in [-0.2, -0.15) is 0 Å². The average molecular weight is 257 g/mol. The number of piperidine rings is 1. The largest absolute Gasteiger partial charge is 0.361 e. The molecule has 3 rings (SSSR count). The number of H-pyrrole nitrogens is 1. The van der Waals surface area contributed by atoms with E-state index in [0.29, 0.717) is 6.04 Å². The molecular weight excluding hydrogens is 234 g/mol. The lowest BCUT2D eigenvalue weighted by atomic mass is 10.0. The maximum Gasteiger partial charge on any atom is 0.0456 e. The van der Waals surface area contributed by atoms with Crippen LogP contribution in [0.1, 0.15) is 18.4 Å². The molecule has 0 atom stereocenters. The van der Waals surface area contributed by atoms with Gasteiger partial charge in [0.25, 0.3) is 0 Å². The summed E-state index contributed by atoms with van der Waals surface area (Å²) >= 11 is 0. The third-order valence-electron chi connectivity index (χ3n) is 4.22. The normalized spacial score (nSPS) is 18.2. The van der Waals surface area contributed by atoms with Gasteiger partial charge in [-0.05, 0) is 57.6 Å². The van der Waals surface area contributed by atoms with Gasteiger partial charge in [-0.25, -0.2) is 0 Å². The first-order valence-corrected chi connectivity index (χ1v) is 7.30. The van der Waals surface area contributed by atoms with E-state index >= 15 is 0 Å². The van der Waals surface area contributed by atoms with Crippen LogP contribution in [0.3, 0.4) is 0 Å². The molecule has 3 nitrogen and oxygen atoms in total. The van der Waals surface area contributed by atoms with Crippen LogP contribution in [0.15, 0.2) is 30.5 Å². The SMILES string of the molecule is CN1CCC(NCCc2c[nH]c3ccccc23)CC1. The second-order valence-corrected chi connectivity index (χ2v) is 5.64. The summed E-state index contributed by atoms with van der Waals surface area (Å²) < 4.78 is 0. The molecule has 102 valence electrons. The molecule has 0 bridgehead atoms. The first-order chi connectivity index (χ1) is 9.33. The Morgan fingerprint density at radius 1 is 1.26 bits per heavy atom. The third-order valence-corrected chi connectivity index (χ3v) is 4.22. The Morgan fingerprint density at radius 3 is 2.89 bits per heavy atom. The van der Waals surface area contributed by atoms with Gasteiger partial charge >= 0.3 is 0 Å². The number of benzene rings is 1. The monoisotopic (exact) mass is 257 g/mol. The van der Waals surface area contributed by atoms with Gasteiger partial charge in [-0.1, -0.05) is 18.2 Å². The number of aromatic nitrogens is 1. The number of para-hydroxylation sites is 1. The van der Waals surface area contributed by atoms with Crippen molar-refractivity contribution in [2.45, 2.75) is 25.3 Å². The van der Waals surface area contributed by atoms with Crippen LogP contribution in [-0.4, -0.2) is 42.6 Å². The Kier molecular flexibility index (Phi) is 3.85. The number of hydrogen-bond donors (Lipinski definition) is 2. The highest BCUT2D eigenvalue weighted by Crippen LogP contribution is 2.18. The van der Waals surface area contributed by atoms with Crippen LogP contribution in [0, 0.1) is 0 Å². The van der Waals surface area contributed by atoms with Crippen LogP contribution in [0.5, 0.6) is 0 Å². The van der Waals surface area contributed by atoms with E-state index in [4.69, 9.17) is 0 Å². The summed E-state index contributed by atoms with van der Waals surface area (Å²) in [5.74, 6) is 0. The van der Waals surface area contributed by atoms with Gasteiger partial charge in [-0.3, -0.25) is 0 Å². The van der Waals surface area contributed by atoms with E-state index in [-0.39, 0.29) is 0 Å². The number of rotatable bonds is 4. The molecule has 0 unspecified atom stereocenters. The molecule has 1 saturated heterocycles. The van der Waals surface area contributed by atoms with E-state index in [1.807, 2.05) is 0 Å². The number of nitrogens with zero attached hydrogens (tertiary/aromatic N) is 1. The molecule has 2 N–H and O–H groups in total. The van der Waals surface area contributed by atoms with Crippen LogP contribution in [-0.2, 0) is 6.42 Å². The minimum atomic E-state index is 0.710. The van der Waals surface area contributed by atoms with E-state index < -0.39 is 0 Å². The van der Waals surface area contributed by atoms with Crippen LogP contribution in [0.25, 0.3) is 10.9 Å². The molecule has 3 heteroatoms. The highest BCUT2D eigenvalue weighted by atomic mass is 15.1. The first-order valence-electron chi connectivity index (χ1n) is 7.30. The number of aromatic amines is 1. The smallest absolute Gasteiger partial charge is 0.0456 e. The Labute approximate surface area is 115 Å². The fourth-order valence-corrected chi connectivity index (χ4v) is 2.96. The van der Waals surface area contributed by atoms with Crippen LogP contribution < -0.4 is 5.32 Å². The van der Waals surface area contributed by atoms with Gasteiger partial charge in [0.1, 0.15) is 0 Å². The Hall–Kier alpha value is -1.32. The topological polar surface area (TPSA) is 31.1 Å². The van der Waals surface area contributed by atoms with Crippen molar-refractivity contribution in [3.8, 4) is 0 Å². The van der Waals surface area contributed by atoms with Gasteiger partial charge in [0, 0.05) is 23.1 Å². The molecule has 0 spiro atoms. The lowest BCUT2D eigenvalue weighted by Gasteiger charge is -2.29. The molecule has 2 aromatic rings. The molecule has 0 saturated carbocycles. The molecule has 2 heterocycles. The van der Waals surface area contributed by atoms with Crippen molar-refractivity contribution < 1.29 is 0 Å². The summed E-state index contributed by atoms with van der Waals surface area (Å²) in [4.78, 5) is 5.76. The van der Waals surface area contributed by atoms with Gasteiger partial charge in [0.05, 0.1) is 0 Å². The third kappa shape index (κ3) is 2.99. The van der Waals surface area contributed by atoms with E-state index in [1.165, 1.54) is 42.4 Å².